The van der Waals surface area contributed by atoms with Crippen LogP contribution in [0.1, 0.15) is 32.4 Å². The Balaban J connectivity index is 0.00000289. The van der Waals surface area contributed by atoms with E-state index in [0.717, 1.165) is 24.2 Å². The molecule has 1 heterocycles. The summed E-state index contributed by atoms with van der Waals surface area (Å²) >= 11 is 0. The van der Waals surface area contributed by atoms with Crippen LogP contribution in [0.2, 0.25) is 0 Å². The number of hydrogen-bond donors (Lipinski definition) is 2. The van der Waals surface area contributed by atoms with Crippen molar-refractivity contribution in [2.75, 3.05) is 6.54 Å². The lowest BCUT2D eigenvalue weighted by Crippen LogP contribution is -2.41. The molecule has 0 fully saturated rings. The monoisotopic (exact) mass is 366 g/mol. The highest BCUT2D eigenvalue weighted by Gasteiger charge is 2.05. The van der Waals surface area contributed by atoms with Gasteiger partial charge in [0.05, 0.1) is 0 Å². The van der Waals surface area contributed by atoms with Crippen molar-refractivity contribution in [2.45, 2.75) is 40.3 Å². The van der Waals surface area contributed by atoms with Crippen LogP contribution in [0.3, 0.4) is 0 Å². The van der Waals surface area contributed by atoms with E-state index in [1.165, 1.54) is 0 Å². The standard InChI is InChI=1S/C11H22N6.HI/c1-6-12-11(14-8(2)3)13-7-10-16-15-9(4)17(10)5;/h8H,6-7H2,1-5H3,(H2,12,13,14);1H. The molecule has 0 bridgehead atoms. The molecule has 6 nitrogen and oxygen atoms in total. The van der Waals surface area contributed by atoms with Gasteiger partial charge in [0, 0.05) is 19.6 Å². The molecule has 1 aromatic rings. The van der Waals surface area contributed by atoms with E-state index in [0.29, 0.717) is 12.6 Å². The molecular weight excluding hydrogens is 343 g/mol. The first-order valence-corrected chi connectivity index (χ1v) is 5.94. The Hall–Kier alpha value is -0.860. The zero-order valence-corrected chi connectivity index (χ0v) is 14.0. The summed E-state index contributed by atoms with van der Waals surface area (Å²) in [6.07, 6.45) is 0. The van der Waals surface area contributed by atoms with Gasteiger partial charge < -0.3 is 15.2 Å². The van der Waals surface area contributed by atoms with Crippen LogP contribution >= 0.6 is 24.0 Å². The summed E-state index contributed by atoms with van der Waals surface area (Å²) in [5.41, 5.74) is 0. The normalized spacial score (nSPS) is 11.3. The Morgan fingerprint density at radius 1 is 1.39 bits per heavy atom. The smallest absolute Gasteiger partial charge is 0.191 e. The lowest BCUT2D eigenvalue weighted by Gasteiger charge is -2.13. The van der Waals surface area contributed by atoms with Gasteiger partial charge >= 0.3 is 0 Å². The first-order chi connectivity index (χ1) is 8.04. The van der Waals surface area contributed by atoms with E-state index in [2.05, 4.69) is 39.7 Å². The first-order valence-electron chi connectivity index (χ1n) is 5.94. The number of halogens is 1. The van der Waals surface area contributed by atoms with Crippen molar-refractivity contribution < 1.29 is 0 Å². The minimum atomic E-state index is 0. The fourth-order valence-electron chi connectivity index (χ4n) is 1.33. The van der Waals surface area contributed by atoms with E-state index in [4.69, 9.17) is 0 Å². The van der Waals surface area contributed by atoms with Crippen molar-refractivity contribution in [3.05, 3.63) is 11.6 Å². The second kappa shape index (κ2) is 8.28. The van der Waals surface area contributed by atoms with E-state index in [9.17, 15) is 0 Å². The maximum atomic E-state index is 4.47. The zero-order chi connectivity index (χ0) is 12.8. The molecule has 0 spiro atoms. The SMILES string of the molecule is CCNC(=NCc1nnc(C)n1C)NC(C)C.I. The van der Waals surface area contributed by atoms with E-state index in [1.54, 1.807) is 0 Å². The Labute approximate surface area is 126 Å². The molecule has 1 rings (SSSR count). The topological polar surface area (TPSA) is 67.1 Å². The van der Waals surface area contributed by atoms with Crippen molar-refractivity contribution in [1.82, 2.24) is 25.4 Å². The molecule has 0 aliphatic rings. The molecule has 0 unspecified atom stereocenters. The minimum absolute atomic E-state index is 0. The summed E-state index contributed by atoms with van der Waals surface area (Å²) in [6, 6.07) is 0.356. The number of nitrogens with one attached hydrogen (secondary N) is 2. The molecule has 0 atom stereocenters. The molecular formula is C11H23IN6. The van der Waals surface area contributed by atoms with Crippen molar-refractivity contribution in [2.24, 2.45) is 12.0 Å². The zero-order valence-electron chi connectivity index (χ0n) is 11.7. The van der Waals surface area contributed by atoms with Gasteiger partial charge in [0.2, 0.25) is 0 Å². The third-order valence-corrected chi connectivity index (χ3v) is 2.33. The highest BCUT2D eigenvalue weighted by Crippen LogP contribution is 1.98. The molecule has 0 aliphatic carbocycles. The van der Waals surface area contributed by atoms with E-state index in [1.807, 2.05) is 25.5 Å². The molecule has 1 aromatic heterocycles. The van der Waals surface area contributed by atoms with Gasteiger partial charge in [-0.15, -0.1) is 34.2 Å². The van der Waals surface area contributed by atoms with Gasteiger partial charge in [-0.25, -0.2) is 4.99 Å². The number of guanidine groups is 1. The van der Waals surface area contributed by atoms with Crippen LogP contribution in [-0.2, 0) is 13.6 Å². The summed E-state index contributed by atoms with van der Waals surface area (Å²) in [5.74, 6) is 2.57. The predicted molar refractivity (Wildman–Crippen MR) is 84.2 cm³/mol. The Morgan fingerprint density at radius 3 is 2.50 bits per heavy atom. The van der Waals surface area contributed by atoms with Crippen molar-refractivity contribution in [3.8, 4) is 0 Å². The number of rotatable bonds is 4. The van der Waals surface area contributed by atoms with Crippen LogP contribution in [0, 0.1) is 6.92 Å². The summed E-state index contributed by atoms with van der Waals surface area (Å²) in [6.45, 7) is 9.51. The molecule has 2 N–H and O–H groups in total. The van der Waals surface area contributed by atoms with Crippen LogP contribution in [0.15, 0.2) is 4.99 Å². The molecule has 104 valence electrons. The fraction of sp³-hybridized carbons (Fsp3) is 0.727. The largest absolute Gasteiger partial charge is 0.357 e. The van der Waals surface area contributed by atoms with Crippen molar-refractivity contribution in [1.29, 1.82) is 0 Å². The third kappa shape index (κ3) is 5.19. The van der Waals surface area contributed by atoms with Gasteiger partial charge in [-0.1, -0.05) is 0 Å². The lowest BCUT2D eigenvalue weighted by molar-refractivity contribution is 0.694. The average Bonchev–Trinajstić information content (AvgIpc) is 2.56. The fourth-order valence-corrected chi connectivity index (χ4v) is 1.33. The number of hydrogen-bond acceptors (Lipinski definition) is 3. The average molecular weight is 366 g/mol. The third-order valence-electron chi connectivity index (χ3n) is 2.33. The van der Waals surface area contributed by atoms with E-state index < -0.39 is 0 Å². The van der Waals surface area contributed by atoms with Crippen LogP contribution in [0.4, 0.5) is 0 Å². The number of aliphatic imine (C=N–C) groups is 1. The summed E-state index contributed by atoms with van der Waals surface area (Å²) < 4.78 is 1.95. The summed E-state index contributed by atoms with van der Waals surface area (Å²) in [5, 5.41) is 14.5. The predicted octanol–water partition coefficient (Wildman–Crippen LogP) is 1.21. The maximum Gasteiger partial charge on any atom is 0.191 e. The van der Waals surface area contributed by atoms with Crippen LogP contribution in [0.25, 0.3) is 0 Å². The lowest BCUT2D eigenvalue weighted by atomic mass is 10.4. The van der Waals surface area contributed by atoms with Gasteiger partial charge in [0.15, 0.2) is 11.8 Å². The number of aromatic nitrogens is 3. The van der Waals surface area contributed by atoms with Crippen molar-refractivity contribution >= 4 is 29.9 Å². The molecule has 7 heteroatoms. The van der Waals surface area contributed by atoms with Crippen molar-refractivity contribution in [3.63, 3.8) is 0 Å². The quantitative estimate of drug-likeness (QED) is 0.478. The van der Waals surface area contributed by atoms with Crippen LogP contribution in [-0.4, -0.2) is 33.3 Å². The van der Waals surface area contributed by atoms with Gasteiger partial charge in [-0.3, -0.25) is 0 Å². The van der Waals surface area contributed by atoms with Gasteiger partial charge in [-0.05, 0) is 27.7 Å². The highest BCUT2D eigenvalue weighted by atomic mass is 127. The second-order valence-corrected chi connectivity index (χ2v) is 4.22. The van der Waals surface area contributed by atoms with Crippen LogP contribution < -0.4 is 10.6 Å². The van der Waals surface area contributed by atoms with Gasteiger partial charge in [0.1, 0.15) is 12.4 Å². The number of aryl methyl sites for hydroxylation is 1. The summed E-state index contributed by atoms with van der Waals surface area (Å²) in [7, 11) is 1.95. The number of nitrogens with zero attached hydrogens (tertiary/aromatic N) is 4. The second-order valence-electron chi connectivity index (χ2n) is 4.22. The first kappa shape index (κ1) is 17.1. The molecule has 0 saturated carbocycles. The molecule has 18 heavy (non-hydrogen) atoms. The van der Waals surface area contributed by atoms with Crippen LogP contribution in [0.5, 0.6) is 0 Å². The Morgan fingerprint density at radius 2 is 2.06 bits per heavy atom. The Kier molecular flexibility index (Phi) is 7.88. The highest BCUT2D eigenvalue weighted by molar-refractivity contribution is 14.0. The minimum Gasteiger partial charge on any atom is -0.357 e. The summed E-state index contributed by atoms with van der Waals surface area (Å²) in [4.78, 5) is 4.47. The van der Waals surface area contributed by atoms with E-state index >= 15 is 0 Å². The molecule has 0 saturated heterocycles. The van der Waals surface area contributed by atoms with Gasteiger partial charge in [0.25, 0.3) is 0 Å². The molecule has 0 amide bonds. The molecule has 0 radical (unpaired) electrons. The molecule has 0 aromatic carbocycles. The van der Waals surface area contributed by atoms with Gasteiger partial charge in [-0.2, -0.15) is 0 Å². The van der Waals surface area contributed by atoms with E-state index in [-0.39, 0.29) is 24.0 Å². The maximum absolute atomic E-state index is 4.47. The molecule has 0 aliphatic heterocycles. The Bertz CT molecular complexity index is 385.